The average Bonchev–Trinajstić information content (AvgIpc) is 2.60. The van der Waals surface area contributed by atoms with Gasteiger partial charge >= 0.3 is 6.09 Å². The standard InChI is InChI=1S/C19H27N3O4S/c1-5-17(23)20-14-6-8-16(9-7-14)27(25)22-12-10-15(11-13-22)21-18(24)26-19(2,3)4/h5-9,15H,1,10-13H2,2-4H3,(H,20,23)(H,21,24). The Hall–Kier alpha value is -2.19. The van der Waals surface area contributed by atoms with E-state index in [0.717, 1.165) is 0 Å². The molecule has 0 saturated carbocycles. The highest BCUT2D eigenvalue weighted by atomic mass is 32.2. The Kier molecular flexibility index (Phi) is 7.15. The van der Waals surface area contributed by atoms with Gasteiger partial charge in [-0.3, -0.25) is 4.79 Å². The molecule has 1 fully saturated rings. The number of nitrogens with one attached hydrogen (secondary N) is 2. The van der Waals surface area contributed by atoms with E-state index in [-0.39, 0.29) is 11.9 Å². The third-order valence-corrected chi connectivity index (χ3v) is 5.43. The van der Waals surface area contributed by atoms with Crippen LogP contribution >= 0.6 is 0 Å². The van der Waals surface area contributed by atoms with Crippen molar-refractivity contribution in [3.63, 3.8) is 0 Å². The molecule has 0 aliphatic carbocycles. The second-order valence-electron chi connectivity index (χ2n) is 7.32. The predicted molar refractivity (Wildman–Crippen MR) is 106 cm³/mol. The minimum atomic E-state index is -1.28. The van der Waals surface area contributed by atoms with Gasteiger partial charge in [0.1, 0.15) is 16.6 Å². The molecular formula is C19H27N3O4S. The Labute approximate surface area is 162 Å². The molecule has 1 aliphatic heterocycles. The number of hydrogen-bond acceptors (Lipinski definition) is 4. The Morgan fingerprint density at radius 2 is 1.81 bits per heavy atom. The summed E-state index contributed by atoms with van der Waals surface area (Å²) in [7, 11) is -1.28. The zero-order valence-corrected chi connectivity index (χ0v) is 16.8. The van der Waals surface area contributed by atoms with E-state index in [1.165, 1.54) is 6.08 Å². The van der Waals surface area contributed by atoms with E-state index in [2.05, 4.69) is 17.2 Å². The molecule has 8 heteroatoms. The van der Waals surface area contributed by atoms with Crippen LogP contribution in [0.3, 0.4) is 0 Å². The van der Waals surface area contributed by atoms with Crippen LogP contribution in [0.25, 0.3) is 0 Å². The highest BCUT2D eigenvalue weighted by Gasteiger charge is 2.26. The van der Waals surface area contributed by atoms with Gasteiger partial charge < -0.3 is 15.4 Å². The molecule has 27 heavy (non-hydrogen) atoms. The number of carbonyl (C=O) groups is 2. The first-order valence-electron chi connectivity index (χ1n) is 8.88. The average molecular weight is 394 g/mol. The normalized spacial score (nSPS) is 17.0. The second kappa shape index (κ2) is 9.14. The predicted octanol–water partition coefficient (Wildman–Crippen LogP) is 2.82. The first-order valence-corrected chi connectivity index (χ1v) is 9.98. The van der Waals surface area contributed by atoms with Crippen LogP contribution in [0.1, 0.15) is 33.6 Å². The van der Waals surface area contributed by atoms with Crippen molar-refractivity contribution in [2.24, 2.45) is 0 Å². The molecule has 1 aromatic rings. The maximum atomic E-state index is 12.7. The molecule has 0 bridgehead atoms. The van der Waals surface area contributed by atoms with Crippen molar-refractivity contribution < 1.29 is 18.5 Å². The summed E-state index contributed by atoms with van der Waals surface area (Å²) in [6, 6.07) is 6.92. The smallest absolute Gasteiger partial charge is 0.407 e. The van der Waals surface area contributed by atoms with Crippen molar-refractivity contribution in [1.82, 2.24) is 9.62 Å². The Morgan fingerprint density at radius 3 is 2.33 bits per heavy atom. The van der Waals surface area contributed by atoms with E-state index in [9.17, 15) is 13.8 Å². The lowest BCUT2D eigenvalue weighted by Gasteiger charge is -2.31. The quantitative estimate of drug-likeness (QED) is 0.753. The largest absolute Gasteiger partial charge is 0.444 e. The van der Waals surface area contributed by atoms with Crippen LogP contribution in [0, 0.1) is 0 Å². The number of hydrogen-bond donors (Lipinski definition) is 2. The number of benzene rings is 1. The molecule has 1 saturated heterocycles. The zero-order chi connectivity index (χ0) is 20.0. The SMILES string of the molecule is C=CC(=O)Nc1ccc(S(=O)N2CCC(NC(=O)OC(C)(C)C)CC2)cc1. The van der Waals surface area contributed by atoms with Crippen molar-refractivity contribution >= 4 is 28.7 Å². The van der Waals surface area contributed by atoms with Gasteiger partial charge in [0.05, 0.1) is 4.90 Å². The first kappa shape index (κ1) is 21.1. The lowest BCUT2D eigenvalue weighted by atomic mass is 10.1. The molecule has 0 aromatic heterocycles. The second-order valence-corrected chi connectivity index (χ2v) is 8.80. The zero-order valence-electron chi connectivity index (χ0n) is 16.0. The summed E-state index contributed by atoms with van der Waals surface area (Å²) in [4.78, 5) is 23.8. The van der Waals surface area contributed by atoms with Crippen molar-refractivity contribution in [3.8, 4) is 0 Å². The molecule has 1 aromatic carbocycles. The molecule has 1 atom stereocenters. The lowest BCUT2D eigenvalue weighted by Crippen LogP contribution is -2.46. The fourth-order valence-corrected chi connectivity index (χ4v) is 3.85. The molecule has 1 aliphatic rings. The summed E-state index contributed by atoms with van der Waals surface area (Å²) in [6.45, 7) is 10.1. The molecular weight excluding hydrogens is 366 g/mol. The van der Waals surface area contributed by atoms with E-state index in [4.69, 9.17) is 4.74 Å². The van der Waals surface area contributed by atoms with Crippen molar-refractivity contribution in [1.29, 1.82) is 0 Å². The summed E-state index contributed by atoms with van der Waals surface area (Å²) in [6.07, 6.45) is 2.19. The number of nitrogens with zero attached hydrogens (tertiary/aromatic N) is 1. The number of carbonyl (C=O) groups excluding carboxylic acids is 2. The summed E-state index contributed by atoms with van der Waals surface area (Å²) in [5.41, 5.74) is 0.102. The topological polar surface area (TPSA) is 87.7 Å². The van der Waals surface area contributed by atoms with Crippen LogP contribution in [0.5, 0.6) is 0 Å². The Morgan fingerprint density at radius 1 is 1.22 bits per heavy atom. The van der Waals surface area contributed by atoms with Gasteiger partial charge in [-0.05, 0) is 64.0 Å². The van der Waals surface area contributed by atoms with Gasteiger partial charge in [-0.15, -0.1) is 0 Å². The van der Waals surface area contributed by atoms with E-state index in [1.54, 1.807) is 24.3 Å². The van der Waals surface area contributed by atoms with Crippen molar-refractivity contribution in [3.05, 3.63) is 36.9 Å². The number of piperidine rings is 1. The molecule has 0 radical (unpaired) electrons. The fourth-order valence-electron chi connectivity index (χ4n) is 2.64. The molecule has 1 unspecified atom stereocenters. The van der Waals surface area contributed by atoms with Gasteiger partial charge in [0, 0.05) is 24.8 Å². The highest BCUT2D eigenvalue weighted by molar-refractivity contribution is 7.82. The van der Waals surface area contributed by atoms with Crippen molar-refractivity contribution in [2.45, 2.75) is 50.2 Å². The van der Waals surface area contributed by atoms with Crippen molar-refractivity contribution in [2.75, 3.05) is 18.4 Å². The van der Waals surface area contributed by atoms with Crippen LogP contribution in [-0.4, -0.2) is 45.2 Å². The van der Waals surface area contributed by atoms with Gasteiger partial charge in [0.2, 0.25) is 5.91 Å². The molecule has 7 nitrogen and oxygen atoms in total. The molecule has 2 N–H and O–H groups in total. The molecule has 2 rings (SSSR count). The van der Waals surface area contributed by atoms with Gasteiger partial charge in [0.25, 0.3) is 0 Å². The van der Waals surface area contributed by atoms with E-state index < -0.39 is 22.7 Å². The molecule has 148 valence electrons. The number of rotatable bonds is 5. The monoisotopic (exact) mass is 393 g/mol. The number of amides is 2. The summed E-state index contributed by atoms with van der Waals surface area (Å²) >= 11 is 0. The molecule has 2 amide bonds. The minimum absolute atomic E-state index is 0.0181. The van der Waals surface area contributed by atoms with E-state index in [1.807, 2.05) is 25.1 Å². The van der Waals surface area contributed by atoms with Crippen LogP contribution < -0.4 is 10.6 Å². The van der Waals surface area contributed by atoms with Crippen LogP contribution in [0.4, 0.5) is 10.5 Å². The summed E-state index contributed by atoms with van der Waals surface area (Å²) in [5, 5.41) is 5.53. The lowest BCUT2D eigenvalue weighted by molar-refractivity contribution is -0.111. The minimum Gasteiger partial charge on any atom is -0.444 e. The van der Waals surface area contributed by atoms with Crippen LogP contribution in [-0.2, 0) is 20.5 Å². The van der Waals surface area contributed by atoms with Gasteiger partial charge in [0.15, 0.2) is 0 Å². The number of ether oxygens (including phenoxy) is 1. The highest BCUT2D eigenvalue weighted by Crippen LogP contribution is 2.20. The fraction of sp³-hybridized carbons (Fsp3) is 0.474. The van der Waals surface area contributed by atoms with Gasteiger partial charge in [-0.2, -0.15) is 0 Å². The maximum Gasteiger partial charge on any atom is 0.407 e. The maximum absolute atomic E-state index is 12.7. The number of anilines is 1. The first-order chi connectivity index (χ1) is 12.7. The molecule has 1 heterocycles. The van der Waals surface area contributed by atoms with Gasteiger partial charge in [-0.1, -0.05) is 6.58 Å². The Bertz CT molecular complexity index is 705. The summed E-state index contributed by atoms with van der Waals surface area (Å²) in [5.74, 6) is -0.288. The van der Waals surface area contributed by atoms with Crippen LogP contribution in [0.2, 0.25) is 0 Å². The number of alkyl carbamates (subject to hydrolysis) is 1. The molecule has 0 spiro atoms. The van der Waals surface area contributed by atoms with E-state index in [0.29, 0.717) is 36.5 Å². The Balaban J connectivity index is 1.85. The van der Waals surface area contributed by atoms with E-state index >= 15 is 0 Å². The summed E-state index contributed by atoms with van der Waals surface area (Å²) < 4.78 is 19.9. The third kappa shape index (κ3) is 6.80. The third-order valence-electron chi connectivity index (χ3n) is 3.92. The van der Waals surface area contributed by atoms with Gasteiger partial charge in [-0.25, -0.2) is 13.3 Å². The van der Waals surface area contributed by atoms with Crippen LogP contribution in [0.15, 0.2) is 41.8 Å².